The topological polar surface area (TPSA) is 59.8 Å². The molecule has 0 saturated heterocycles. The number of thioether (sulfide) groups is 1. The molecule has 3 rings (SSSR count). The van der Waals surface area contributed by atoms with E-state index < -0.39 is 0 Å². The minimum atomic E-state index is 0.0832. The molecule has 1 fully saturated rings. The van der Waals surface area contributed by atoms with E-state index in [1.165, 1.54) is 49.4 Å². The zero-order valence-electron chi connectivity index (χ0n) is 19.2. The lowest BCUT2D eigenvalue weighted by molar-refractivity contribution is -0.119. The van der Waals surface area contributed by atoms with E-state index in [9.17, 15) is 4.79 Å². The van der Waals surface area contributed by atoms with Crippen molar-refractivity contribution in [3.05, 3.63) is 42.5 Å². The summed E-state index contributed by atoms with van der Waals surface area (Å²) in [4.78, 5) is 12.6. The summed E-state index contributed by atoms with van der Waals surface area (Å²) in [7, 11) is 0. The molecule has 31 heavy (non-hydrogen) atoms. The highest BCUT2D eigenvalue weighted by molar-refractivity contribution is 7.99. The lowest BCUT2D eigenvalue weighted by Gasteiger charge is -2.20. The van der Waals surface area contributed by atoms with E-state index >= 15 is 0 Å². The molecule has 0 atom stereocenters. The quantitative estimate of drug-likeness (QED) is 0.440. The molecule has 1 aromatic carbocycles. The molecule has 1 heterocycles. The second kappa shape index (κ2) is 11.0. The number of hydrogen-bond acceptors (Lipinski definition) is 4. The number of allylic oxidation sites excluding steroid dienone is 1. The van der Waals surface area contributed by atoms with Crippen LogP contribution in [0.25, 0.3) is 11.4 Å². The van der Waals surface area contributed by atoms with Crippen LogP contribution in [0.15, 0.2) is 42.1 Å². The van der Waals surface area contributed by atoms with Gasteiger partial charge in [0.25, 0.3) is 0 Å². The monoisotopic (exact) mass is 440 g/mol. The minimum Gasteiger partial charge on any atom is -0.353 e. The number of benzene rings is 1. The Kier molecular flexibility index (Phi) is 8.35. The third-order valence-electron chi connectivity index (χ3n) is 5.84. The Hall–Kier alpha value is -2.08. The fourth-order valence-corrected chi connectivity index (χ4v) is 4.78. The number of nitrogens with zero attached hydrogens (tertiary/aromatic N) is 3. The van der Waals surface area contributed by atoms with Crippen LogP contribution in [0.2, 0.25) is 0 Å². The molecule has 1 aliphatic rings. The highest BCUT2D eigenvalue weighted by Gasteiger charge is 2.18. The van der Waals surface area contributed by atoms with Gasteiger partial charge in [-0.25, -0.2) is 0 Å². The van der Waals surface area contributed by atoms with Crippen molar-refractivity contribution in [2.75, 3.05) is 5.75 Å². The second-order valence-electron chi connectivity index (χ2n) is 9.43. The lowest BCUT2D eigenvalue weighted by atomic mass is 9.87. The number of aromatic nitrogens is 3. The molecule has 1 amide bonds. The zero-order chi connectivity index (χ0) is 22.3. The third-order valence-corrected chi connectivity index (χ3v) is 6.81. The van der Waals surface area contributed by atoms with Gasteiger partial charge in [-0.15, -0.1) is 16.8 Å². The van der Waals surface area contributed by atoms with Crippen LogP contribution in [0.1, 0.15) is 71.3 Å². The van der Waals surface area contributed by atoms with Gasteiger partial charge in [0.15, 0.2) is 11.0 Å². The molecule has 6 heteroatoms. The molecule has 2 aromatic rings. The van der Waals surface area contributed by atoms with Gasteiger partial charge in [0.1, 0.15) is 0 Å². The molecule has 1 aliphatic carbocycles. The first-order chi connectivity index (χ1) is 14.9. The number of rotatable bonds is 7. The lowest BCUT2D eigenvalue weighted by Crippen LogP contribution is -2.36. The van der Waals surface area contributed by atoms with Gasteiger partial charge in [0.2, 0.25) is 5.91 Å². The van der Waals surface area contributed by atoms with Gasteiger partial charge in [0, 0.05) is 18.2 Å². The van der Waals surface area contributed by atoms with Crippen LogP contribution < -0.4 is 5.32 Å². The second-order valence-corrected chi connectivity index (χ2v) is 10.4. The first kappa shape index (κ1) is 23.6. The fourth-order valence-electron chi connectivity index (χ4n) is 4.02. The van der Waals surface area contributed by atoms with Gasteiger partial charge in [-0.3, -0.25) is 9.36 Å². The molecular weight excluding hydrogens is 404 g/mol. The molecule has 0 aliphatic heterocycles. The molecule has 0 bridgehead atoms. The van der Waals surface area contributed by atoms with Gasteiger partial charge in [0.05, 0.1) is 5.75 Å². The van der Waals surface area contributed by atoms with Crippen LogP contribution in [0.4, 0.5) is 0 Å². The SMILES string of the molecule is C=CCn1c(SCC(=O)NC2CCCCCCC2)nnc1-c1ccc(C(C)(C)C)cc1. The predicted molar refractivity (Wildman–Crippen MR) is 129 cm³/mol. The van der Waals surface area contributed by atoms with Gasteiger partial charge in [-0.05, 0) is 23.8 Å². The van der Waals surface area contributed by atoms with E-state index in [0.717, 1.165) is 29.4 Å². The summed E-state index contributed by atoms with van der Waals surface area (Å²) in [6, 6.07) is 8.81. The molecule has 1 N–H and O–H groups in total. The molecule has 0 unspecified atom stereocenters. The Morgan fingerprint density at radius 1 is 1.13 bits per heavy atom. The van der Waals surface area contributed by atoms with Crippen molar-refractivity contribution in [1.82, 2.24) is 20.1 Å². The highest BCUT2D eigenvalue weighted by Crippen LogP contribution is 2.28. The van der Waals surface area contributed by atoms with E-state index in [-0.39, 0.29) is 11.3 Å². The number of amides is 1. The Bertz CT molecular complexity index is 859. The maximum Gasteiger partial charge on any atom is 0.230 e. The Morgan fingerprint density at radius 3 is 2.39 bits per heavy atom. The van der Waals surface area contributed by atoms with Crippen molar-refractivity contribution >= 4 is 17.7 Å². The Balaban J connectivity index is 1.66. The standard InChI is InChI=1S/C25H36N4OS/c1-5-17-29-23(19-13-15-20(16-14-19)25(2,3)4)27-28-24(29)31-18-22(30)26-21-11-9-7-6-8-10-12-21/h5,13-16,21H,1,6-12,17-18H2,2-4H3,(H,26,30). The summed E-state index contributed by atoms with van der Waals surface area (Å²) < 4.78 is 2.03. The van der Waals surface area contributed by atoms with Crippen LogP contribution in [0, 0.1) is 0 Å². The largest absolute Gasteiger partial charge is 0.353 e. The molecule has 0 spiro atoms. The van der Waals surface area contributed by atoms with Crippen LogP contribution >= 0.6 is 11.8 Å². The van der Waals surface area contributed by atoms with E-state index in [1.54, 1.807) is 0 Å². The molecule has 1 aromatic heterocycles. The fraction of sp³-hybridized carbons (Fsp3) is 0.560. The van der Waals surface area contributed by atoms with Crippen molar-refractivity contribution in [1.29, 1.82) is 0 Å². The molecule has 168 valence electrons. The van der Waals surface area contributed by atoms with Gasteiger partial charge in [-0.1, -0.05) is 95.0 Å². The van der Waals surface area contributed by atoms with Gasteiger partial charge >= 0.3 is 0 Å². The van der Waals surface area contributed by atoms with Gasteiger partial charge in [-0.2, -0.15) is 0 Å². The smallest absolute Gasteiger partial charge is 0.230 e. The summed E-state index contributed by atoms with van der Waals surface area (Å²) in [5, 5.41) is 12.8. The molecular formula is C25H36N4OS. The Labute approximate surface area is 191 Å². The number of hydrogen-bond donors (Lipinski definition) is 1. The van der Waals surface area contributed by atoms with E-state index in [2.05, 4.69) is 67.1 Å². The normalized spacial score (nSPS) is 15.8. The number of carbonyl (C=O) groups is 1. The van der Waals surface area contributed by atoms with Crippen molar-refractivity contribution in [3.8, 4) is 11.4 Å². The van der Waals surface area contributed by atoms with Crippen LogP contribution in [-0.4, -0.2) is 32.5 Å². The summed E-state index contributed by atoms with van der Waals surface area (Å²) in [6.45, 7) is 11.1. The molecule has 1 saturated carbocycles. The van der Waals surface area contributed by atoms with Crippen molar-refractivity contribution < 1.29 is 4.79 Å². The first-order valence-electron chi connectivity index (χ1n) is 11.5. The number of carbonyl (C=O) groups excluding carboxylic acids is 1. The summed E-state index contributed by atoms with van der Waals surface area (Å²) >= 11 is 1.45. The van der Waals surface area contributed by atoms with Crippen molar-refractivity contribution in [2.24, 2.45) is 0 Å². The Morgan fingerprint density at radius 2 is 1.77 bits per heavy atom. The van der Waals surface area contributed by atoms with Crippen LogP contribution in [0.3, 0.4) is 0 Å². The van der Waals surface area contributed by atoms with Gasteiger partial charge < -0.3 is 5.32 Å². The average molecular weight is 441 g/mol. The summed E-state index contributed by atoms with van der Waals surface area (Å²) in [6.07, 6.45) is 10.4. The predicted octanol–water partition coefficient (Wildman–Crippen LogP) is 5.75. The number of nitrogens with one attached hydrogen (secondary N) is 1. The van der Waals surface area contributed by atoms with Crippen molar-refractivity contribution in [2.45, 2.75) is 88.9 Å². The summed E-state index contributed by atoms with van der Waals surface area (Å²) in [5.41, 5.74) is 2.41. The maximum absolute atomic E-state index is 12.6. The van der Waals surface area contributed by atoms with Crippen LogP contribution in [-0.2, 0) is 16.8 Å². The maximum atomic E-state index is 12.6. The van der Waals surface area contributed by atoms with E-state index in [1.807, 2.05) is 10.6 Å². The van der Waals surface area contributed by atoms with Crippen molar-refractivity contribution in [3.63, 3.8) is 0 Å². The third kappa shape index (κ3) is 6.70. The summed E-state index contributed by atoms with van der Waals surface area (Å²) in [5.74, 6) is 1.25. The average Bonchev–Trinajstić information content (AvgIpc) is 3.11. The highest BCUT2D eigenvalue weighted by atomic mass is 32.2. The minimum absolute atomic E-state index is 0.0832. The zero-order valence-corrected chi connectivity index (χ0v) is 20.0. The van der Waals surface area contributed by atoms with E-state index in [0.29, 0.717) is 18.3 Å². The molecule has 0 radical (unpaired) electrons. The van der Waals surface area contributed by atoms with Crippen LogP contribution in [0.5, 0.6) is 0 Å². The first-order valence-corrected chi connectivity index (χ1v) is 12.4. The molecule has 5 nitrogen and oxygen atoms in total. The van der Waals surface area contributed by atoms with E-state index in [4.69, 9.17) is 0 Å².